The van der Waals surface area contributed by atoms with Crippen LogP contribution in [0.1, 0.15) is 13.3 Å². The number of aromatic nitrogens is 1. The van der Waals surface area contributed by atoms with E-state index in [2.05, 4.69) is 17.2 Å². The molecule has 1 aromatic carbocycles. The Hall–Kier alpha value is -1.54. The van der Waals surface area contributed by atoms with Gasteiger partial charge in [-0.05, 0) is 24.6 Å². The van der Waals surface area contributed by atoms with Crippen LogP contribution in [-0.4, -0.2) is 11.5 Å². The van der Waals surface area contributed by atoms with Crippen LogP contribution in [-0.2, 0) is 0 Å². The summed E-state index contributed by atoms with van der Waals surface area (Å²) in [5.41, 5.74) is 1.87. The molecule has 2 rings (SSSR count). The Morgan fingerprint density at radius 1 is 1.12 bits per heavy atom. The molecule has 0 spiro atoms. The molecule has 2 aromatic rings. The first kappa shape index (κ1) is 11.9. The molecule has 0 saturated heterocycles. The highest BCUT2D eigenvalue weighted by molar-refractivity contribution is 6.33. The first-order valence-corrected chi connectivity index (χ1v) is 6.15. The molecule has 0 unspecified atom stereocenters. The van der Waals surface area contributed by atoms with Crippen LogP contribution in [0.4, 0.5) is 5.82 Å². The summed E-state index contributed by atoms with van der Waals surface area (Å²) in [4.78, 5) is 4.55. The largest absolute Gasteiger partial charge is 0.370 e. The number of hydrogen-bond donors (Lipinski definition) is 1. The number of hydrogen-bond acceptors (Lipinski definition) is 2. The van der Waals surface area contributed by atoms with E-state index in [1.54, 1.807) is 0 Å². The van der Waals surface area contributed by atoms with Gasteiger partial charge in [-0.3, -0.25) is 0 Å². The van der Waals surface area contributed by atoms with Crippen molar-refractivity contribution in [1.29, 1.82) is 0 Å². The summed E-state index contributed by atoms with van der Waals surface area (Å²) < 4.78 is 0. The molecule has 0 aliphatic heterocycles. The second-order valence-electron chi connectivity index (χ2n) is 3.81. The van der Waals surface area contributed by atoms with E-state index < -0.39 is 0 Å². The van der Waals surface area contributed by atoms with Crippen LogP contribution in [0.15, 0.2) is 42.5 Å². The fourth-order valence-electron chi connectivity index (χ4n) is 1.61. The molecule has 2 nitrogen and oxygen atoms in total. The van der Waals surface area contributed by atoms with Crippen molar-refractivity contribution >= 4 is 17.4 Å². The predicted molar refractivity (Wildman–Crippen MR) is 73.5 cm³/mol. The van der Waals surface area contributed by atoms with E-state index in [0.29, 0.717) is 0 Å². The van der Waals surface area contributed by atoms with Crippen molar-refractivity contribution in [3.8, 4) is 11.3 Å². The van der Waals surface area contributed by atoms with Crippen molar-refractivity contribution in [2.45, 2.75) is 13.3 Å². The van der Waals surface area contributed by atoms with Crippen LogP contribution in [0.2, 0.25) is 5.02 Å². The molecule has 0 aliphatic carbocycles. The maximum absolute atomic E-state index is 6.16. The summed E-state index contributed by atoms with van der Waals surface area (Å²) >= 11 is 6.16. The van der Waals surface area contributed by atoms with E-state index in [1.165, 1.54) is 0 Å². The molecule has 1 aromatic heterocycles. The molecule has 0 radical (unpaired) electrons. The van der Waals surface area contributed by atoms with Crippen molar-refractivity contribution < 1.29 is 0 Å². The lowest BCUT2D eigenvalue weighted by Gasteiger charge is -2.07. The minimum Gasteiger partial charge on any atom is -0.370 e. The normalized spacial score (nSPS) is 10.2. The van der Waals surface area contributed by atoms with E-state index in [9.17, 15) is 0 Å². The standard InChI is InChI=1S/C14H15ClN2/c1-2-10-16-14-9-5-8-13(17-14)11-6-3-4-7-12(11)15/h3-9H,2,10H2,1H3,(H,16,17). The van der Waals surface area contributed by atoms with E-state index in [4.69, 9.17) is 11.6 Å². The predicted octanol–water partition coefficient (Wildman–Crippen LogP) is 4.22. The maximum atomic E-state index is 6.16. The maximum Gasteiger partial charge on any atom is 0.126 e. The average molecular weight is 247 g/mol. The van der Waals surface area contributed by atoms with E-state index in [1.807, 2.05) is 42.5 Å². The van der Waals surface area contributed by atoms with Crippen LogP contribution in [0.5, 0.6) is 0 Å². The van der Waals surface area contributed by atoms with Gasteiger partial charge in [0.1, 0.15) is 5.82 Å². The van der Waals surface area contributed by atoms with Gasteiger partial charge in [0.25, 0.3) is 0 Å². The highest BCUT2D eigenvalue weighted by atomic mass is 35.5. The van der Waals surface area contributed by atoms with Gasteiger partial charge in [-0.1, -0.05) is 42.8 Å². The lowest BCUT2D eigenvalue weighted by Crippen LogP contribution is -2.02. The summed E-state index contributed by atoms with van der Waals surface area (Å²) in [5, 5.41) is 4.00. The summed E-state index contributed by atoms with van der Waals surface area (Å²) in [6.45, 7) is 3.06. The number of nitrogens with zero attached hydrogens (tertiary/aromatic N) is 1. The monoisotopic (exact) mass is 246 g/mol. The zero-order valence-corrected chi connectivity index (χ0v) is 10.5. The lowest BCUT2D eigenvalue weighted by molar-refractivity contribution is 0.970. The Morgan fingerprint density at radius 3 is 2.71 bits per heavy atom. The third-order valence-corrected chi connectivity index (χ3v) is 2.78. The molecular formula is C14H15ClN2. The topological polar surface area (TPSA) is 24.9 Å². The number of pyridine rings is 1. The molecule has 17 heavy (non-hydrogen) atoms. The SMILES string of the molecule is CCCNc1cccc(-c2ccccc2Cl)n1. The van der Waals surface area contributed by atoms with Gasteiger partial charge in [-0.15, -0.1) is 0 Å². The summed E-state index contributed by atoms with van der Waals surface area (Å²) in [5.74, 6) is 0.893. The van der Waals surface area contributed by atoms with Crippen LogP contribution < -0.4 is 5.32 Å². The smallest absolute Gasteiger partial charge is 0.126 e. The zero-order chi connectivity index (χ0) is 12.1. The van der Waals surface area contributed by atoms with Gasteiger partial charge in [-0.2, -0.15) is 0 Å². The van der Waals surface area contributed by atoms with Crippen LogP contribution >= 0.6 is 11.6 Å². The highest BCUT2D eigenvalue weighted by Gasteiger charge is 2.04. The minimum atomic E-state index is 0.729. The molecular weight excluding hydrogens is 232 g/mol. The quantitative estimate of drug-likeness (QED) is 0.874. The fourth-order valence-corrected chi connectivity index (χ4v) is 1.84. The number of nitrogens with one attached hydrogen (secondary N) is 1. The van der Waals surface area contributed by atoms with Gasteiger partial charge in [0.05, 0.1) is 5.69 Å². The molecule has 0 saturated carbocycles. The second kappa shape index (κ2) is 5.69. The van der Waals surface area contributed by atoms with Crippen molar-refractivity contribution in [3.05, 3.63) is 47.5 Å². The lowest BCUT2D eigenvalue weighted by atomic mass is 10.1. The van der Waals surface area contributed by atoms with E-state index in [-0.39, 0.29) is 0 Å². The van der Waals surface area contributed by atoms with Crippen molar-refractivity contribution in [1.82, 2.24) is 4.98 Å². The second-order valence-corrected chi connectivity index (χ2v) is 4.22. The molecule has 0 aliphatic rings. The van der Waals surface area contributed by atoms with Crippen LogP contribution in [0, 0.1) is 0 Å². The Bertz CT molecular complexity index is 497. The third-order valence-electron chi connectivity index (χ3n) is 2.46. The van der Waals surface area contributed by atoms with Gasteiger partial charge in [-0.25, -0.2) is 4.98 Å². The van der Waals surface area contributed by atoms with Crippen molar-refractivity contribution in [3.63, 3.8) is 0 Å². The molecule has 1 heterocycles. The summed E-state index contributed by atoms with van der Waals surface area (Å²) in [6, 6.07) is 13.7. The molecule has 0 fully saturated rings. The fraction of sp³-hybridized carbons (Fsp3) is 0.214. The van der Waals surface area contributed by atoms with E-state index >= 15 is 0 Å². The van der Waals surface area contributed by atoms with Crippen molar-refractivity contribution in [2.75, 3.05) is 11.9 Å². The number of halogens is 1. The van der Waals surface area contributed by atoms with Crippen molar-refractivity contribution in [2.24, 2.45) is 0 Å². The zero-order valence-electron chi connectivity index (χ0n) is 9.78. The number of anilines is 1. The number of rotatable bonds is 4. The Morgan fingerprint density at radius 2 is 1.94 bits per heavy atom. The summed E-state index contributed by atoms with van der Waals surface area (Å²) in [6.07, 6.45) is 1.08. The third kappa shape index (κ3) is 2.98. The first-order valence-electron chi connectivity index (χ1n) is 5.77. The molecule has 1 N–H and O–H groups in total. The molecule has 0 amide bonds. The van der Waals surface area contributed by atoms with Gasteiger partial charge >= 0.3 is 0 Å². The minimum absolute atomic E-state index is 0.729. The van der Waals surface area contributed by atoms with Gasteiger partial charge in [0.15, 0.2) is 0 Å². The summed E-state index contributed by atoms with van der Waals surface area (Å²) in [7, 11) is 0. The van der Waals surface area contributed by atoms with Gasteiger partial charge < -0.3 is 5.32 Å². The molecule has 0 atom stereocenters. The van der Waals surface area contributed by atoms with Crippen LogP contribution in [0.25, 0.3) is 11.3 Å². The van der Waals surface area contributed by atoms with Gasteiger partial charge in [0, 0.05) is 17.1 Å². The number of benzene rings is 1. The Balaban J connectivity index is 2.30. The molecule has 0 bridgehead atoms. The highest BCUT2D eigenvalue weighted by Crippen LogP contribution is 2.26. The van der Waals surface area contributed by atoms with Crippen LogP contribution in [0.3, 0.4) is 0 Å². The average Bonchev–Trinajstić information content (AvgIpc) is 2.37. The first-order chi connectivity index (χ1) is 8.31. The van der Waals surface area contributed by atoms with E-state index in [0.717, 1.165) is 35.1 Å². The Kier molecular flexibility index (Phi) is 3.99. The van der Waals surface area contributed by atoms with Gasteiger partial charge in [0.2, 0.25) is 0 Å². The molecule has 88 valence electrons. The molecule has 3 heteroatoms. The Labute approximate surface area is 107 Å².